The van der Waals surface area contributed by atoms with Gasteiger partial charge in [-0.3, -0.25) is 4.79 Å². The van der Waals surface area contributed by atoms with E-state index in [-0.39, 0.29) is 11.8 Å². The number of amides is 1. The summed E-state index contributed by atoms with van der Waals surface area (Å²) in [5, 5.41) is 7.79. The predicted octanol–water partition coefficient (Wildman–Crippen LogP) is 3.05. The van der Waals surface area contributed by atoms with Crippen LogP contribution in [0.25, 0.3) is 11.3 Å². The second-order valence-electron chi connectivity index (χ2n) is 6.21. The van der Waals surface area contributed by atoms with Crippen molar-refractivity contribution in [2.24, 2.45) is 0 Å². The number of benzene rings is 1. The number of piperidine rings is 1. The van der Waals surface area contributed by atoms with E-state index in [4.69, 9.17) is 9.05 Å². The van der Waals surface area contributed by atoms with Crippen LogP contribution in [-0.2, 0) is 0 Å². The van der Waals surface area contributed by atoms with Gasteiger partial charge in [0, 0.05) is 24.7 Å². The normalized spacial score (nSPS) is 17.6. The molecule has 0 radical (unpaired) electrons. The van der Waals surface area contributed by atoms with Crippen LogP contribution >= 0.6 is 0 Å². The molecule has 2 aromatic heterocycles. The summed E-state index contributed by atoms with van der Waals surface area (Å²) >= 11 is 0. The summed E-state index contributed by atoms with van der Waals surface area (Å²) in [6.45, 7) is 3.03. The number of carbonyl (C=O) groups is 1. The van der Waals surface area contributed by atoms with Crippen LogP contribution in [0.15, 0.2) is 45.4 Å². The number of likely N-dealkylation sites (tertiary alicyclic amines) is 1. The van der Waals surface area contributed by atoms with Gasteiger partial charge >= 0.3 is 0 Å². The van der Waals surface area contributed by atoms with E-state index in [0.717, 1.165) is 18.4 Å². The van der Waals surface area contributed by atoms with Gasteiger partial charge in [0.25, 0.3) is 5.91 Å². The Bertz CT molecular complexity index is 871. The molecule has 4 rings (SSSR count). The first-order valence-electron chi connectivity index (χ1n) is 8.32. The van der Waals surface area contributed by atoms with Crippen molar-refractivity contribution in [2.45, 2.75) is 25.7 Å². The van der Waals surface area contributed by atoms with Crippen LogP contribution in [0.5, 0.6) is 0 Å². The van der Waals surface area contributed by atoms with Gasteiger partial charge in [0.1, 0.15) is 0 Å². The van der Waals surface area contributed by atoms with Crippen LogP contribution in [0.1, 0.15) is 41.0 Å². The molecule has 0 unspecified atom stereocenters. The second kappa shape index (κ2) is 6.51. The summed E-state index contributed by atoms with van der Waals surface area (Å²) in [6, 6.07) is 11.3. The van der Waals surface area contributed by atoms with Gasteiger partial charge in [0.15, 0.2) is 17.3 Å². The molecule has 0 saturated carbocycles. The van der Waals surface area contributed by atoms with E-state index in [1.807, 2.05) is 30.3 Å². The minimum absolute atomic E-state index is 0.0689. The maximum Gasteiger partial charge on any atom is 0.276 e. The van der Waals surface area contributed by atoms with Crippen LogP contribution < -0.4 is 0 Å². The van der Waals surface area contributed by atoms with E-state index in [0.29, 0.717) is 36.3 Å². The van der Waals surface area contributed by atoms with Crippen molar-refractivity contribution in [3.8, 4) is 11.3 Å². The molecule has 1 atom stereocenters. The molecule has 0 spiro atoms. The summed E-state index contributed by atoms with van der Waals surface area (Å²) in [6.07, 6.45) is 1.82. The molecule has 7 nitrogen and oxygen atoms in total. The Morgan fingerprint density at radius 1 is 1.20 bits per heavy atom. The molecule has 128 valence electrons. The van der Waals surface area contributed by atoms with Gasteiger partial charge in [-0.15, -0.1) is 0 Å². The summed E-state index contributed by atoms with van der Waals surface area (Å²) in [7, 11) is 0. The maximum atomic E-state index is 12.8. The molecule has 0 aliphatic carbocycles. The topological polar surface area (TPSA) is 85.3 Å². The maximum absolute atomic E-state index is 12.8. The van der Waals surface area contributed by atoms with Gasteiger partial charge in [0.05, 0.1) is 5.92 Å². The van der Waals surface area contributed by atoms with Crippen LogP contribution in [-0.4, -0.2) is 39.2 Å². The van der Waals surface area contributed by atoms with Crippen molar-refractivity contribution in [3.05, 3.63) is 53.8 Å². The van der Waals surface area contributed by atoms with Crippen LogP contribution in [0.3, 0.4) is 0 Å². The monoisotopic (exact) mass is 338 g/mol. The lowest BCUT2D eigenvalue weighted by Crippen LogP contribution is -2.39. The summed E-state index contributed by atoms with van der Waals surface area (Å²) < 4.78 is 10.6. The van der Waals surface area contributed by atoms with E-state index in [1.54, 1.807) is 17.9 Å². The third-order valence-electron chi connectivity index (χ3n) is 4.39. The lowest BCUT2D eigenvalue weighted by molar-refractivity contribution is 0.0685. The minimum atomic E-state index is -0.133. The van der Waals surface area contributed by atoms with Crippen molar-refractivity contribution >= 4 is 5.91 Å². The number of hydrogen-bond acceptors (Lipinski definition) is 6. The molecule has 1 amide bonds. The van der Waals surface area contributed by atoms with Crippen molar-refractivity contribution < 1.29 is 13.8 Å². The number of hydrogen-bond donors (Lipinski definition) is 0. The molecular formula is C18H18N4O3. The van der Waals surface area contributed by atoms with Crippen LogP contribution in [0.2, 0.25) is 0 Å². The highest BCUT2D eigenvalue weighted by molar-refractivity contribution is 5.93. The molecule has 1 aliphatic rings. The molecule has 3 aromatic rings. The first kappa shape index (κ1) is 15.6. The van der Waals surface area contributed by atoms with Crippen molar-refractivity contribution in [1.29, 1.82) is 0 Å². The van der Waals surface area contributed by atoms with Gasteiger partial charge < -0.3 is 13.9 Å². The number of nitrogens with zero attached hydrogens (tertiary/aromatic N) is 4. The van der Waals surface area contributed by atoms with E-state index >= 15 is 0 Å². The molecule has 25 heavy (non-hydrogen) atoms. The molecule has 1 fully saturated rings. The highest BCUT2D eigenvalue weighted by atomic mass is 16.5. The summed E-state index contributed by atoms with van der Waals surface area (Å²) in [5.41, 5.74) is 1.22. The standard InChI is InChI=1S/C18H18N4O3/c1-12-19-17(25-20-12)14-8-5-9-22(11-14)18(23)15-10-16(24-21-15)13-6-3-2-4-7-13/h2-4,6-7,10,14H,5,8-9,11H2,1H3/t14-/m0/s1. The van der Waals surface area contributed by atoms with E-state index in [9.17, 15) is 4.79 Å². The van der Waals surface area contributed by atoms with Crippen LogP contribution in [0.4, 0.5) is 0 Å². The Labute approximate surface area is 144 Å². The Morgan fingerprint density at radius 2 is 2.04 bits per heavy atom. The summed E-state index contributed by atoms with van der Waals surface area (Å²) in [5.74, 6) is 1.74. The molecule has 0 bridgehead atoms. The Hall–Kier alpha value is -2.96. The van der Waals surface area contributed by atoms with E-state index in [1.165, 1.54) is 0 Å². The van der Waals surface area contributed by atoms with Gasteiger partial charge in [-0.2, -0.15) is 4.98 Å². The van der Waals surface area contributed by atoms with Gasteiger partial charge in [-0.1, -0.05) is 40.6 Å². The van der Waals surface area contributed by atoms with Crippen molar-refractivity contribution in [3.63, 3.8) is 0 Å². The van der Waals surface area contributed by atoms with Gasteiger partial charge in [0.2, 0.25) is 5.89 Å². The fourth-order valence-electron chi connectivity index (χ4n) is 3.12. The largest absolute Gasteiger partial charge is 0.355 e. The lowest BCUT2D eigenvalue weighted by atomic mass is 9.97. The van der Waals surface area contributed by atoms with Crippen molar-refractivity contribution in [1.82, 2.24) is 20.2 Å². The van der Waals surface area contributed by atoms with Gasteiger partial charge in [-0.05, 0) is 19.8 Å². The second-order valence-corrected chi connectivity index (χ2v) is 6.21. The zero-order chi connectivity index (χ0) is 17.2. The summed E-state index contributed by atoms with van der Waals surface area (Å²) in [4.78, 5) is 18.8. The fourth-order valence-corrected chi connectivity index (χ4v) is 3.12. The molecule has 3 heterocycles. The first-order valence-corrected chi connectivity index (χ1v) is 8.32. The average molecular weight is 338 g/mol. The zero-order valence-corrected chi connectivity index (χ0v) is 13.9. The molecule has 1 aromatic carbocycles. The molecule has 1 saturated heterocycles. The quantitative estimate of drug-likeness (QED) is 0.729. The van der Waals surface area contributed by atoms with E-state index < -0.39 is 0 Å². The SMILES string of the molecule is Cc1noc([C@H]2CCCN(C(=O)c3cc(-c4ccccc4)on3)C2)n1. The number of aryl methyl sites for hydroxylation is 1. The Balaban J connectivity index is 1.50. The molecule has 0 N–H and O–H groups in total. The fraction of sp³-hybridized carbons (Fsp3) is 0.333. The third-order valence-corrected chi connectivity index (χ3v) is 4.39. The molecular weight excluding hydrogens is 320 g/mol. The zero-order valence-electron chi connectivity index (χ0n) is 13.9. The van der Waals surface area contributed by atoms with E-state index in [2.05, 4.69) is 15.3 Å². The molecule has 7 heteroatoms. The number of rotatable bonds is 3. The predicted molar refractivity (Wildman–Crippen MR) is 88.9 cm³/mol. The van der Waals surface area contributed by atoms with Crippen LogP contribution in [0, 0.1) is 6.92 Å². The first-order chi connectivity index (χ1) is 12.2. The Morgan fingerprint density at radius 3 is 2.80 bits per heavy atom. The van der Waals surface area contributed by atoms with Crippen molar-refractivity contribution in [2.75, 3.05) is 13.1 Å². The average Bonchev–Trinajstić information content (AvgIpc) is 3.31. The number of carbonyl (C=O) groups excluding carboxylic acids is 1. The number of aromatic nitrogens is 3. The Kier molecular flexibility index (Phi) is 4.05. The minimum Gasteiger partial charge on any atom is -0.355 e. The highest BCUT2D eigenvalue weighted by Crippen LogP contribution is 2.27. The lowest BCUT2D eigenvalue weighted by Gasteiger charge is -2.30. The third kappa shape index (κ3) is 3.17. The molecule has 1 aliphatic heterocycles. The van der Waals surface area contributed by atoms with Gasteiger partial charge in [-0.25, -0.2) is 0 Å². The smallest absolute Gasteiger partial charge is 0.276 e. The highest BCUT2D eigenvalue weighted by Gasteiger charge is 2.30.